The third kappa shape index (κ3) is 1.41. The van der Waals surface area contributed by atoms with E-state index >= 15 is 0 Å². The molecule has 9 heavy (non-hydrogen) atoms. The molecule has 1 aliphatic heterocycles. The van der Waals surface area contributed by atoms with Gasteiger partial charge in [-0.05, 0) is 13.6 Å². The molecule has 1 rings (SSSR count). The van der Waals surface area contributed by atoms with E-state index in [2.05, 4.69) is 11.9 Å². The zero-order chi connectivity index (χ0) is 6.85. The Kier molecular flexibility index (Phi) is 2.05. The van der Waals surface area contributed by atoms with Gasteiger partial charge in [0.15, 0.2) is 0 Å². The number of rotatable bonds is 1. The van der Waals surface area contributed by atoms with Gasteiger partial charge in [0.2, 0.25) is 0 Å². The van der Waals surface area contributed by atoms with Gasteiger partial charge in [0.05, 0.1) is 0 Å². The molecule has 3 heteroatoms. The summed E-state index contributed by atoms with van der Waals surface area (Å²) in [6.45, 7) is 2.80. The third-order valence-corrected chi connectivity index (χ3v) is 1.98. The maximum absolute atomic E-state index is 5.76. The minimum absolute atomic E-state index is 0.306. The lowest BCUT2D eigenvalue weighted by Gasteiger charge is -2.09. The summed E-state index contributed by atoms with van der Waals surface area (Å²) in [4.78, 5) is 2.22. The van der Waals surface area contributed by atoms with Crippen LogP contribution in [0.15, 0.2) is 0 Å². The van der Waals surface area contributed by atoms with Crippen molar-refractivity contribution in [3.8, 4) is 0 Å². The largest absolute Gasteiger partial charge is 0.330 e. The highest BCUT2D eigenvalue weighted by Gasteiger charge is 2.25. The lowest BCUT2D eigenvalue weighted by atomic mass is 10.1. The molecule has 1 saturated heterocycles. The molecule has 0 aromatic rings. The lowest BCUT2D eigenvalue weighted by molar-refractivity contribution is 0.397. The van der Waals surface area contributed by atoms with Crippen molar-refractivity contribution in [1.29, 1.82) is 0 Å². The van der Waals surface area contributed by atoms with Crippen molar-refractivity contribution in [2.24, 2.45) is 17.4 Å². The van der Waals surface area contributed by atoms with Gasteiger partial charge < -0.3 is 16.4 Å². The van der Waals surface area contributed by atoms with Crippen LogP contribution in [0.5, 0.6) is 0 Å². The minimum Gasteiger partial charge on any atom is -0.330 e. The second-order valence-electron chi connectivity index (χ2n) is 2.88. The predicted molar refractivity (Wildman–Crippen MR) is 38.0 cm³/mol. The van der Waals surface area contributed by atoms with E-state index in [0.29, 0.717) is 12.0 Å². The summed E-state index contributed by atoms with van der Waals surface area (Å²) in [6, 6.07) is 0.306. The molecular formula is C6H15N3. The first-order valence-corrected chi connectivity index (χ1v) is 3.38. The van der Waals surface area contributed by atoms with E-state index in [1.54, 1.807) is 0 Å². The Hall–Kier alpha value is -0.120. The Balaban J connectivity index is 2.38. The fourth-order valence-electron chi connectivity index (χ4n) is 1.37. The molecule has 1 aliphatic rings. The molecule has 1 fully saturated rings. The zero-order valence-corrected chi connectivity index (χ0v) is 5.88. The molecule has 0 spiro atoms. The predicted octanol–water partition coefficient (Wildman–Crippen LogP) is -1.17. The number of likely N-dealkylation sites (tertiary alicyclic amines) is 1. The van der Waals surface area contributed by atoms with Crippen molar-refractivity contribution < 1.29 is 0 Å². The Morgan fingerprint density at radius 3 is 2.44 bits per heavy atom. The van der Waals surface area contributed by atoms with E-state index in [4.69, 9.17) is 11.5 Å². The zero-order valence-electron chi connectivity index (χ0n) is 5.88. The summed E-state index contributed by atoms with van der Waals surface area (Å²) in [6.07, 6.45) is 0. The lowest BCUT2D eigenvalue weighted by Crippen LogP contribution is -2.33. The van der Waals surface area contributed by atoms with Gasteiger partial charge >= 0.3 is 0 Å². The van der Waals surface area contributed by atoms with E-state index in [-0.39, 0.29) is 0 Å². The van der Waals surface area contributed by atoms with Crippen molar-refractivity contribution in [1.82, 2.24) is 4.90 Å². The molecule has 0 aliphatic carbocycles. The van der Waals surface area contributed by atoms with Crippen LogP contribution in [0.25, 0.3) is 0 Å². The molecule has 3 nitrogen and oxygen atoms in total. The topological polar surface area (TPSA) is 55.3 Å². The van der Waals surface area contributed by atoms with Gasteiger partial charge in [-0.1, -0.05) is 0 Å². The maximum atomic E-state index is 5.76. The summed E-state index contributed by atoms with van der Waals surface area (Å²) in [5, 5.41) is 0. The van der Waals surface area contributed by atoms with E-state index in [0.717, 1.165) is 19.6 Å². The molecule has 0 amide bonds. The Morgan fingerprint density at radius 2 is 2.22 bits per heavy atom. The highest BCUT2D eigenvalue weighted by Crippen LogP contribution is 2.10. The van der Waals surface area contributed by atoms with Gasteiger partial charge in [0.25, 0.3) is 0 Å². The summed E-state index contributed by atoms with van der Waals surface area (Å²) in [5.41, 5.74) is 11.2. The van der Waals surface area contributed by atoms with Crippen molar-refractivity contribution >= 4 is 0 Å². The SMILES string of the molecule is CN1CC(N)C(CN)C1. The molecule has 2 atom stereocenters. The normalized spacial score (nSPS) is 37.7. The minimum atomic E-state index is 0.306. The third-order valence-electron chi connectivity index (χ3n) is 1.98. The standard InChI is InChI=1S/C6H15N3/c1-9-3-5(2-7)6(8)4-9/h5-6H,2-4,7-8H2,1H3. The number of likely N-dealkylation sites (N-methyl/N-ethyl adjacent to an activating group) is 1. The molecule has 4 N–H and O–H groups in total. The second-order valence-corrected chi connectivity index (χ2v) is 2.88. The van der Waals surface area contributed by atoms with Crippen LogP contribution in [0.4, 0.5) is 0 Å². The van der Waals surface area contributed by atoms with Crippen LogP contribution in [0, 0.1) is 5.92 Å². The molecule has 54 valence electrons. The van der Waals surface area contributed by atoms with Gasteiger partial charge in [-0.15, -0.1) is 0 Å². The van der Waals surface area contributed by atoms with Crippen molar-refractivity contribution in [3.63, 3.8) is 0 Å². The van der Waals surface area contributed by atoms with E-state index < -0.39 is 0 Å². The summed E-state index contributed by atoms with van der Waals surface area (Å²) in [5.74, 6) is 0.523. The fraction of sp³-hybridized carbons (Fsp3) is 1.00. The first kappa shape index (κ1) is 6.99. The Bertz CT molecular complexity index is 94.3. The molecular weight excluding hydrogens is 114 g/mol. The number of hydrogen-bond acceptors (Lipinski definition) is 3. The Labute approximate surface area is 56.0 Å². The van der Waals surface area contributed by atoms with Crippen LogP contribution >= 0.6 is 0 Å². The van der Waals surface area contributed by atoms with Crippen LogP contribution in [-0.4, -0.2) is 37.6 Å². The van der Waals surface area contributed by atoms with Crippen molar-refractivity contribution in [2.75, 3.05) is 26.7 Å². The van der Waals surface area contributed by atoms with Gasteiger partial charge in [-0.25, -0.2) is 0 Å². The quantitative estimate of drug-likeness (QED) is 0.469. The average molecular weight is 129 g/mol. The highest BCUT2D eigenvalue weighted by atomic mass is 15.1. The second kappa shape index (κ2) is 2.64. The van der Waals surface area contributed by atoms with Gasteiger partial charge in [0.1, 0.15) is 0 Å². The van der Waals surface area contributed by atoms with Gasteiger partial charge in [0, 0.05) is 25.0 Å². The van der Waals surface area contributed by atoms with Crippen LogP contribution in [-0.2, 0) is 0 Å². The summed E-state index contributed by atoms with van der Waals surface area (Å²) >= 11 is 0. The highest BCUT2D eigenvalue weighted by molar-refractivity contribution is 4.85. The Morgan fingerprint density at radius 1 is 1.56 bits per heavy atom. The van der Waals surface area contributed by atoms with E-state index in [9.17, 15) is 0 Å². The van der Waals surface area contributed by atoms with Crippen LogP contribution in [0.3, 0.4) is 0 Å². The van der Waals surface area contributed by atoms with Crippen LogP contribution in [0.2, 0.25) is 0 Å². The summed E-state index contributed by atoms with van der Waals surface area (Å²) in [7, 11) is 2.08. The number of nitrogens with zero attached hydrogens (tertiary/aromatic N) is 1. The molecule has 0 bridgehead atoms. The van der Waals surface area contributed by atoms with E-state index in [1.807, 2.05) is 0 Å². The molecule has 0 radical (unpaired) electrons. The van der Waals surface area contributed by atoms with Crippen LogP contribution < -0.4 is 11.5 Å². The van der Waals surface area contributed by atoms with Crippen molar-refractivity contribution in [2.45, 2.75) is 6.04 Å². The van der Waals surface area contributed by atoms with Gasteiger partial charge in [-0.2, -0.15) is 0 Å². The first-order valence-electron chi connectivity index (χ1n) is 3.38. The van der Waals surface area contributed by atoms with Gasteiger partial charge in [-0.3, -0.25) is 0 Å². The number of nitrogens with two attached hydrogens (primary N) is 2. The van der Waals surface area contributed by atoms with Crippen molar-refractivity contribution in [3.05, 3.63) is 0 Å². The van der Waals surface area contributed by atoms with Crippen LogP contribution in [0.1, 0.15) is 0 Å². The fourth-order valence-corrected chi connectivity index (χ4v) is 1.37. The first-order chi connectivity index (χ1) is 4.24. The molecule has 0 aromatic carbocycles. The molecule has 0 aromatic heterocycles. The molecule has 2 unspecified atom stereocenters. The number of hydrogen-bond donors (Lipinski definition) is 2. The molecule has 0 saturated carbocycles. The monoisotopic (exact) mass is 129 g/mol. The summed E-state index contributed by atoms with van der Waals surface area (Å²) < 4.78 is 0. The average Bonchev–Trinajstić information content (AvgIpc) is 2.10. The molecule has 1 heterocycles. The van der Waals surface area contributed by atoms with E-state index in [1.165, 1.54) is 0 Å². The smallest absolute Gasteiger partial charge is 0.0220 e. The maximum Gasteiger partial charge on any atom is 0.0220 e.